The molecule has 2 atom stereocenters. The molecule has 2 unspecified atom stereocenters. The van der Waals surface area contributed by atoms with E-state index in [0.29, 0.717) is 24.0 Å². The van der Waals surface area contributed by atoms with E-state index >= 15 is 0 Å². The summed E-state index contributed by atoms with van der Waals surface area (Å²) in [7, 11) is 0. The maximum Gasteiger partial charge on any atom is 0.136 e. The standard InChI is InChI=1S/C15H20O/c1-4-14(16)15(10(2)3)13-9-11-7-5-6-8-12(11)13/h5-8,10,13,15H,4,9H2,1-3H3. The molecule has 1 heteroatoms. The van der Waals surface area contributed by atoms with Crippen LogP contribution in [0.1, 0.15) is 44.2 Å². The van der Waals surface area contributed by atoms with Crippen LogP contribution in [0.4, 0.5) is 0 Å². The van der Waals surface area contributed by atoms with Crippen LogP contribution in [0.3, 0.4) is 0 Å². The zero-order valence-corrected chi connectivity index (χ0v) is 10.4. The molecule has 1 aromatic rings. The smallest absolute Gasteiger partial charge is 0.136 e. The van der Waals surface area contributed by atoms with Crippen molar-refractivity contribution in [1.29, 1.82) is 0 Å². The van der Waals surface area contributed by atoms with Gasteiger partial charge in [0.15, 0.2) is 0 Å². The van der Waals surface area contributed by atoms with Gasteiger partial charge in [0, 0.05) is 12.3 Å². The number of Topliss-reactive ketones (excluding diaryl/α,β-unsaturated/α-hetero) is 1. The van der Waals surface area contributed by atoms with Gasteiger partial charge in [-0.3, -0.25) is 4.79 Å². The van der Waals surface area contributed by atoms with Crippen LogP contribution >= 0.6 is 0 Å². The first-order valence-electron chi connectivity index (χ1n) is 6.25. The van der Waals surface area contributed by atoms with Gasteiger partial charge < -0.3 is 0 Å². The summed E-state index contributed by atoms with van der Waals surface area (Å²) in [6, 6.07) is 8.53. The summed E-state index contributed by atoms with van der Waals surface area (Å²) >= 11 is 0. The van der Waals surface area contributed by atoms with Crippen LogP contribution in [0.25, 0.3) is 0 Å². The van der Waals surface area contributed by atoms with Crippen molar-refractivity contribution >= 4 is 5.78 Å². The lowest BCUT2D eigenvalue weighted by atomic mass is 9.66. The number of hydrogen-bond donors (Lipinski definition) is 0. The van der Waals surface area contributed by atoms with Crippen LogP contribution in [0.2, 0.25) is 0 Å². The Morgan fingerprint density at radius 3 is 2.62 bits per heavy atom. The van der Waals surface area contributed by atoms with Crippen molar-refractivity contribution in [2.24, 2.45) is 11.8 Å². The number of rotatable bonds is 4. The molecule has 0 heterocycles. The summed E-state index contributed by atoms with van der Waals surface area (Å²) in [5.41, 5.74) is 2.84. The maximum atomic E-state index is 12.0. The Hall–Kier alpha value is -1.11. The van der Waals surface area contributed by atoms with E-state index in [9.17, 15) is 4.79 Å². The molecule has 0 radical (unpaired) electrons. The molecule has 0 bridgehead atoms. The van der Waals surface area contributed by atoms with Crippen LogP contribution in [0.5, 0.6) is 0 Å². The van der Waals surface area contributed by atoms with Gasteiger partial charge in [0.1, 0.15) is 5.78 Å². The summed E-state index contributed by atoms with van der Waals surface area (Å²) in [6.45, 7) is 6.31. The van der Waals surface area contributed by atoms with E-state index in [1.165, 1.54) is 11.1 Å². The molecular formula is C15H20O. The van der Waals surface area contributed by atoms with E-state index in [1.54, 1.807) is 0 Å². The van der Waals surface area contributed by atoms with Crippen LogP contribution in [0, 0.1) is 11.8 Å². The van der Waals surface area contributed by atoms with E-state index in [0.717, 1.165) is 6.42 Å². The fourth-order valence-corrected chi connectivity index (χ4v) is 2.91. The highest BCUT2D eigenvalue weighted by molar-refractivity contribution is 5.82. The molecule has 1 aromatic carbocycles. The van der Waals surface area contributed by atoms with Gasteiger partial charge in [0.25, 0.3) is 0 Å². The number of hydrogen-bond acceptors (Lipinski definition) is 1. The number of fused-ring (bicyclic) bond motifs is 1. The highest BCUT2D eigenvalue weighted by atomic mass is 16.1. The van der Waals surface area contributed by atoms with Crippen LogP contribution < -0.4 is 0 Å². The summed E-state index contributed by atoms with van der Waals surface area (Å²) in [5.74, 6) is 1.57. The topological polar surface area (TPSA) is 17.1 Å². The fourth-order valence-electron chi connectivity index (χ4n) is 2.91. The fraction of sp³-hybridized carbons (Fsp3) is 0.533. The minimum atomic E-state index is 0.222. The molecule has 0 fully saturated rings. The van der Waals surface area contributed by atoms with Crippen molar-refractivity contribution in [3.63, 3.8) is 0 Å². The van der Waals surface area contributed by atoms with Gasteiger partial charge in [-0.15, -0.1) is 0 Å². The molecule has 0 spiro atoms. The van der Waals surface area contributed by atoms with Gasteiger partial charge in [-0.1, -0.05) is 45.0 Å². The lowest BCUT2D eigenvalue weighted by Gasteiger charge is -2.37. The predicted octanol–water partition coefficient (Wildman–Crippen LogP) is 3.58. The van der Waals surface area contributed by atoms with E-state index < -0.39 is 0 Å². The van der Waals surface area contributed by atoms with Crippen molar-refractivity contribution in [3.8, 4) is 0 Å². The van der Waals surface area contributed by atoms with Crippen molar-refractivity contribution in [2.45, 2.75) is 39.5 Å². The molecule has 0 aliphatic heterocycles. The number of carbonyl (C=O) groups excluding carboxylic acids is 1. The monoisotopic (exact) mass is 216 g/mol. The molecule has 1 aliphatic rings. The van der Waals surface area contributed by atoms with Crippen LogP contribution in [-0.4, -0.2) is 5.78 Å². The molecule has 0 aromatic heterocycles. The second-order valence-corrected chi connectivity index (χ2v) is 5.10. The largest absolute Gasteiger partial charge is 0.299 e. The van der Waals surface area contributed by atoms with Crippen molar-refractivity contribution in [2.75, 3.05) is 0 Å². The third-order valence-corrected chi connectivity index (χ3v) is 3.77. The summed E-state index contributed by atoms with van der Waals surface area (Å²) in [6.07, 6.45) is 1.76. The lowest BCUT2D eigenvalue weighted by Crippen LogP contribution is -2.33. The maximum absolute atomic E-state index is 12.0. The SMILES string of the molecule is CCC(=O)C(C(C)C)C1Cc2ccccc21. The first-order chi connectivity index (χ1) is 7.65. The van der Waals surface area contributed by atoms with Crippen molar-refractivity contribution in [3.05, 3.63) is 35.4 Å². The Morgan fingerprint density at radius 1 is 1.38 bits per heavy atom. The Kier molecular flexibility index (Phi) is 3.13. The lowest BCUT2D eigenvalue weighted by molar-refractivity contribution is -0.124. The Morgan fingerprint density at radius 2 is 2.06 bits per heavy atom. The third-order valence-electron chi connectivity index (χ3n) is 3.77. The van der Waals surface area contributed by atoms with Gasteiger partial charge >= 0.3 is 0 Å². The Labute approximate surface area is 97.9 Å². The molecular weight excluding hydrogens is 196 g/mol. The van der Waals surface area contributed by atoms with E-state index in [2.05, 4.69) is 38.1 Å². The molecule has 86 valence electrons. The first-order valence-corrected chi connectivity index (χ1v) is 6.25. The van der Waals surface area contributed by atoms with Crippen LogP contribution in [-0.2, 0) is 11.2 Å². The van der Waals surface area contributed by atoms with Crippen molar-refractivity contribution in [1.82, 2.24) is 0 Å². The normalized spacial score (nSPS) is 20.1. The van der Waals surface area contributed by atoms with Gasteiger partial charge in [-0.25, -0.2) is 0 Å². The molecule has 0 saturated heterocycles. The zero-order chi connectivity index (χ0) is 11.7. The minimum Gasteiger partial charge on any atom is -0.299 e. The van der Waals surface area contributed by atoms with Gasteiger partial charge in [0.05, 0.1) is 0 Å². The highest BCUT2D eigenvalue weighted by Crippen LogP contribution is 2.43. The molecule has 0 saturated carbocycles. The van der Waals surface area contributed by atoms with Gasteiger partial charge in [-0.05, 0) is 29.4 Å². The second-order valence-electron chi connectivity index (χ2n) is 5.10. The second kappa shape index (κ2) is 4.40. The Bertz CT molecular complexity index is 392. The van der Waals surface area contributed by atoms with E-state index in [-0.39, 0.29) is 5.92 Å². The summed E-state index contributed by atoms with van der Waals surface area (Å²) < 4.78 is 0. The molecule has 0 amide bonds. The molecule has 1 aliphatic carbocycles. The predicted molar refractivity (Wildman–Crippen MR) is 66.5 cm³/mol. The first kappa shape index (κ1) is 11.4. The minimum absolute atomic E-state index is 0.222. The summed E-state index contributed by atoms with van der Waals surface area (Å²) in [4.78, 5) is 12.0. The van der Waals surface area contributed by atoms with E-state index in [4.69, 9.17) is 0 Å². The third kappa shape index (κ3) is 1.79. The molecule has 2 rings (SSSR count). The average Bonchev–Trinajstić information content (AvgIpc) is 2.24. The molecule has 1 nitrogen and oxygen atoms in total. The van der Waals surface area contributed by atoms with Crippen molar-refractivity contribution < 1.29 is 4.79 Å². The highest BCUT2D eigenvalue weighted by Gasteiger charge is 2.37. The number of benzene rings is 1. The molecule has 0 N–H and O–H groups in total. The van der Waals surface area contributed by atoms with Gasteiger partial charge in [0.2, 0.25) is 0 Å². The number of carbonyl (C=O) groups is 1. The number of ketones is 1. The van der Waals surface area contributed by atoms with E-state index in [1.807, 2.05) is 6.92 Å². The quantitative estimate of drug-likeness (QED) is 0.752. The Balaban J connectivity index is 2.23. The summed E-state index contributed by atoms with van der Waals surface area (Å²) in [5, 5.41) is 0. The molecule has 16 heavy (non-hydrogen) atoms. The average molecular weight is 216 g/mol. The van der Waals surface area contributed by atoms with Gasteiger partial charge in [-0.2, -0.15) is 0 Å². The van der Waals surface area contributed by atoms with Crippen LogP contribution in [0.15, 0.2) is 24.3 Å². The zero-order valence-electron chi connectivity index (χ0n) is 10.4.